The highest BCUT2D eigenvalue weighted by molar-refractivity contribution is 5.75. The standard InChI is InChI=1S/C14H19NO2/c1-3-15(4-2)11-7-5-10(6-8-11)12-9-13(12)14(16)17/h5-8,12-13H,3-4,9H2,1-2H3,(H,16,17)/t12-,13+/m0/s1. The molecule has 1 aliphatic rings. The Morgan fingerprint density at radius 1 is 1.29 bits per heavy atom. The summed E-state index contributed by atoms with van der Waals surface area (Å²) < 4.78 is 0. The Balaban J connectivity index is 2.06. The predicted molar refractivity (Wildman–Crippen MR) is 68.5 cm³/mol. The fourth-order valence-corrected chi connectivity index (χ4v) is 2.36. The van der Waals surface area contributed by atoms with Crippen molar-refractivity contribution < 1.29 is 9.90 Å². The van der Waals surface area contributed by atoms with Gasteiger partial charge in [-0.15, -0.1) is 0 Å². The van der Waals surface area contributed by atoms with Crippen LogP contribution in [0.5, 0.6) is 0 Å². The lowest BCUT2D eigenvalue weighted by atomic mass is 10.1. The van der Waals surface area contributed by atoms with Crippen molar-refractivity contribution in [3.8, 4) is 0 Å². The summed E-state index contributed by atoms with van der Waals surface area (Å²) in [5, 5.41) is 8.90. The molecular formula is C14H19NO2. The first-order chi connectivity index (χ1) is 8.17. The van der Waals surface area contributed by atoms with Crippen LogP contribution in [0.15, 0.2) is 24.3 Å². The Labute approximate surface area is 102 Å². The quantitative estimate of drug-likeness (QED) is 0.850. The van der Waals surface area contributed by atoms with Gasteiger partial charge in [0.25, 0.3) is 0 Å². The minimum Gasteiger partial charge on any atom is -0.481 e. The summed E-state index contributed by atoms with van der Waals surface area (Å²) in [7, 11) is 0. The highest BCUT2D eigenvalue weighted by Gasteiger charge is 2.43. The smallest absolute Gasteiger partial charge is 0.307 e. The molecule has 92 valence electrons. The van der Waals surface area contributed by atoms with E-state index in [9.17, 15) is 4.79 Å². The molecule has 3 heteroatoms. The van der Waals surface area contributed by atoms with Crippen LogP contribution in [-0.2, 0) is 4.79 Å². The molecule has 17 heavy (non-hydrogen) atoms. The third-order valence-corrected chi connectivity index (χ3v) is 3.56. The second-order valence-corrected chi connectivity index (χ2v) is 4.55. The molecule has 1 N–H and O–H groups in total. The van der Waals surface area contributed by atoms with Gasteiger partial charge in [0.1, 0.15) is 0 Å². The van der Waals surface area contributed by atoms with Crippen molar-refractivity contribution in [3.63, 3.8) is 0 Å². The summed E-state index contributed by atoms with van der Waals surface area (Å²) in [5.74, 6) is -0.588. The minimum absolute atomic E-state index is 0.158. The number of benzene rings is 1. The maximum atomic E-state index is 10.8. The second-order valence-electron chi connectivity index (χ2n) is 4.55. The topological polar surface area (TPSA) is 40.5 Å². The molecule has 0 aliphatic heterocycles. The molecule has 0 spiro atoms. The van der Waals surface area contributed by atoms with Gasteiger partial charge >= 0.3 is 5.97 Å². The number of hydrogen-bond acceptors (Lipinski definition) is 2. The van der Waals surface area contributed by atoms with Crippen molar-refractivity contribution in [2.45, 2.75) is 26.2 Å². The first-order valence-corrected chi connectivity index (χ1v) is 6.25. The van der Waals surface area contributed by atoms with Crippen LogP contribution in [0.25, 0.3) is 0 Å². The molecule has 3 nitrogen and oxygen atoms in total. The van der Waals surface area contributed by atoms with Crippen LogP contribution in [0.1, 0.15) is 31.7 Å². The number of carbonyl (C=O) groups is 1. The molecule has 0 radical (unpaired) electrons. The summed E-state index contributed by atoms with van der Waals surface area (Å²) in [6.07, 6.45) is 0.792. The monoisotopic (exact) mass is 233 g/mol. The molecule has 1 saturated carbocycles. The molecule has 1 fully saturated rings. The van der Waals surface area contributed by atoms with Crippen molar-refractivity contribution in [1.82, 2.24) is 0 Å². The van der Waals surface area contributed by atoms with Gasteiger partial charge in [0.2, 0.25) is 0 Å². The highest BCUT2D eigenvalue weighted by Crippen LogP contribution is 2.47. The van der Waals surface area contributed by atoms with Crippen molar-refractivity contribution in [1.29, 1.82) is 0 Å². The number of hydrogen-bond donors (Lipinski definition) is 1. The van der Waals surface area contributed by atoms with Crippen LogP contribution < -0.4 is 4.90 Å². The summed E-state index contributed by atoms with van der Waals surface area (Å²) in [5.41, 5.74) is 2.37. The Hall–Kier alpha value is -1.51. The average molecular weight is 233 g/mol. The van der Waals surface area contributed by atoms with Crippen LogP contribution in [0.3, 0.4) is 0 Å². The van der Waals surface area contributed by atoms with Gasteiger partial charge in [0, 0.05) is 18.8 Å². The van der Waals surface area contributed by atoms with Gasteiger partial charge in [-0.25, -0.2) is 0 Å². The third kappa shape index (κ3) is 2.43. The number of nitrogens with zero attached hydrogens (tertiary/aromatic N) is 1. The Kier molecular flexibility index (Phi) is 3.36. The lowest BCUT2D eigenvalue weighted by Gasteiger charge is -2.21. The number of carboxylic acid groups (broad SMARTS) is 1. The fourth-order valence-electron chi connectivity index (χ4n) is 2.36. The lowest BCUT2D eigenvalue weighted by molar-refractivity contribution is -0.138. The molecule has 2 rings (SSSR count). The van der Waals surface area contributed by atoms with Crippen LogP contribution in [0.4, 0.5) is 5.69 Å². The minimum atomic E-state index is -0.664. The van der Waals surface area contributed by atoms with E-state index in [0.29, 0.717) is 0 Å². The van der Waals surface area contributed by atoms with Gasteiger partial charge in [-0.05, 0) is 43.9 Å². The van der Waals surface area contributed by atoms with E-state index in [4.69, 9.17) is 5.11 Å². The molecule has 0 saturated heterocycles. The molecule has 0 bridgehead atoms. The normalized spacial score (nSPS) is 22.2. The van der Waals surface area contributed by atoms with Gasteiger partial charge in [0.15, 0.2) is 0 Å². The van der Waals surface area contributed by atoms with Gasteiger partial charge in [-0.1, -0.05) is 12.1 Å². The summed E-state index contributed by atoms with van der Waals surface area (Å²) >= 11 is 0. The maximum Gasteiger partial charge on any atom is 0.307 e. The maximum absolute atomic E-state index is 10.8. The molecule has 0 aromatic heterocycles. The zero-order chi connectivity index (χ0) is 12.4. The fraction of sp³-hybridized carbons (Fsp3) is 0.500. The van der Waals surface area contributed by atoms with Gasteiger partial charge in [0.05, 0.1) is 5.92 Å². The van der Waals surface area contributed by atoms with Crippen LogP contribution in [-0.4, -0.2) is 24.2 Å². The molecule has 2 atom stereocenters. The first kappa shape index (κ1) is 12.0. The number of aliphatic carboxylic acids is 1. The van der Waals surface area contributed by atoms with Crippen LogP contribution in [0, 0.1) is 5.92 Å². The number of rotatable bonds is 5. The zero-order valence-electron chi connectivity index (χ0n) is 10.4. The van der Waals surface area contributed by atoms with E-state index in [0.717, 1.165) is 25.1 Å². The largest absolute Gasteiger partial charge is 0.481 e. The van der Waals surface area contributed by atoms with Gasteiger partial charge < -0.3 is 10.0 Å². The highest BCUT2D eigenvalue weighted by atomic mass is 16.4. The van der Waals surface area contributed by atoms with E-state index in [1.54, 1.807) is 0 Å². The summed E-state index contributed by atoms with van der Waals surface area (Å²) in [6.45, 7) is 6.27. The number of anilines is 1. The molecule has 0 amide bonds. The molecule has 1 aliphatic carbocycles. The summed E-state index contributed by atoms with van der Waals surface area (Å²) in [4.78, 5) is 13.1. The van der Waals surface area contributed by atoms with E-state index >= 15 is 0 Å². The SMILES string of the molecule is CCN(CC)c1ccc([C@@H]2C[C@H]2C(=O)O)cc1. The van der Waals surface area contributed by atoms with E-state index in [1.165, 1.54) is 5.69 Å². The van der Waals surface area contributed by atoms with E-state index < -0.39 is 5.97 Å². The summed E-state index contributed by atoms with van der Waals surface area (Å²) in [6, 6.07) is 8.33. The van der Waals surface area contributed by atoms with Crippen LogP contribution >= 0.6 is 0 Å². The van der Waals surface area contributed by atoms with Gasteiger partial charge in [-0.3, -0.25) is 4.79 Å². The van der Waals surface area contributed by atoms with Crippen molar-refractivity contribution in [2.24, 2.45) is 5.92 Å². The third-order valence-electron chi connectivity index (χ3n) is 3.56. The van der Waals surface area contributed by atoms with Crippen molar-refractivity contribution in [3.05, 3.63) is 29.8 Å². The Bertz CT molecular complexity index is 395. The molecule has 0 unspecified atom stereocenters. The molecule has 0 heterocycles. The molecular weight excluding hydrogens is 214 g/mol. The van der Waals surface area contributed by atoms with E-state index in [1.807, 2.05) is 0 Å². The zero-order valence-corrected chi connectivity index (χ0v) is 10.4. The number of carboxylic acids is 1. The Morgan fingerprint density at radius 3 is 2.29 bits per heavy atom. The predicted octanol–water partition coefficient (Wildman–Crippen LogP) is 2.72. The molecule has 1 aromatic rings. The van der Waals surface area contributed by atoms with E-state index in [2.05, 4.69) is 43.0 Å². The lowest BCUT2D eigenvalue weighted by Crippen LogP contribution is -2.21. The molecule has 1 aromatic carbocycles. The second kappa shape index (κ2) is 4.78. The van der Waals surface area contributed by atoms with Crippen LogP contribution in [0.2, 0.25) is 0 Å². The van der Waals surface area contributed by atoms with Crippen molar-refractivity contribution in [2.75, 3.05) is 18.0 Å². The first-order valence-electron chi connectivity index (χ1n) is 6.25. The van der Waals surface area contributed by atoms with Gasteiger partial charge in [-0.2, -0.15) is 0 Å². The Morgan fingerprint density at radius 2 is 1.88 bits per heavy atom. The van der Waals surface area contributed by atoms with Crippen molar-refractivity contribution >= 4 is 11.7 Å². The average Bonchev–Trinajstić information content (AvgIpc) is 3.12. The van der Waals surface area contributed by atoms with E-state index in [-0.39, 0.29) is 11.8 Å².